The first kappa shape index (κ1) is 20.5. The summed E-state index contributed by atoms with van der Waals surface area (Å²) in [5, 5.41) is 9.01. The van der Waals surface area contributed by atoms with Crippen LogP contribution in [0.1, 0.15) is 105 Å². The standard InChI is InChI=1S/C20H33NO3/c1-3-4-5-6-7-8-9-10-11-12-13-14-19(22)17-15-18(20(23)24)21(2)16-17/h15-16H,3-14H2,1-2H3,(H,23,24). The van der Waals surface area contributed by atoms with Gasteiger partial charge in [0.2, 0.25) is 0 Å². The predicted molar refractivity (Wildman–Crippen MR) is 97.8 cm³/mol. The van der Waals surface area contributed by atoms with E-state index in [9.17, 15) is 9.59 Å². The van der Waals surface area contributed by atoms with Crippen molar-refractivity contribution in [2.75, 3.05) is 0 Å². The summed E-state index contributed by atoms with van der Waals surface area (Å²) in [5.74, 6) is -0.944. The van der Waals surface area contributed by atoms with Gasteiger partial charge in [-0.15, -0.1) is 0 Å². The molecular formula is C20H33NO3. The highest BCUT2D eigenvalue weighted by molar-refractivity contribution is 5.98. The molecule has 1 N–H and O–H groups in total. The van der Waals surface area contributed by atoms with Crippen molar-refractivity contribution in [3.8, 4) is 0 Å². The van der Waals surface area contributed by atoms with Crippen molar-refractivity contribution in [2.45, 2.75) is 84.0 Å². The molecule has 0 aliphatic heterocycles. The second kappa shape index (κ2) is 11.9. The lowest BCUT2D eigenvalue weighted by Crippen LogP contribution is -2.02. The summed E-state index contributed by atoms with van der Waals surface area (Å²) in [6.45, 7) is 2.24. The van der Waals surface area contributed by atoms with Gasteiger partial charge in [-0.05, 0) is 12.5 Å². The number of ketones is 1. The Balaban J connectivity index is 2.06. The minimum Gasteiger partial charge on any atom is -0.477 e. The number of aromatic carboxylic acids is 1. The van der Waals surface area contributed by atoms with Crippen LogP contribution in [-0.2, 0) is 7.05 Å². The Kier molecular flexibility index (Phi) is 10.1. The third-order valence-electron chi connectivity index (χ3n) is 4.55. The molecule has 136 valence electrons. The van der Waals surface area contributed by atoms with Gasteiger partial charge in [-0.2, -0.15) is 0 Å². The zero-order chi connectivity index (χ0) is 17.8. The quantitative estimate of drug-likeness (QED) is 0.355. The monoisotopic (exact) mass is 335 g/mol. The minimum atomic E-state index is -0.994. The van der Waals surface area contributed by atoms with E-state index in [0.29, 0.717) is 12.0 Å². The molecule has 0 aromatic carbocycles. The second-order valence-corrected chi connectivity index (χ2v) is 6.74. The Morgan fingerprint density at radius 1 is 0.917 bits per heavy atom. The van der Waals surface area contributed by atoms with Gasteiger partial charge >= 0.3 is 5.97 Å². The maximum absolute atomic E-state index is 12.1. The smallest absolute Gasteiger partial charge is 0.352 e. The van der Waals surface area contributed by atoms with E-state index >= 15 is 0 Å². The van der Waals surface area contributed by atoms with Gasteiger partial charge in [0.05, 0.1) is 0 Å². The number of hydrogen-bond acceptors (Lipinski definition) is 2. The van der Waals surface area contributed by atoms with E-state index in [1.54, 1.807) is 13.2 Å². The summed E-state index contributed by atoms with van der Waals surface area (Å²) in [4.78, 5) is 23.1. The van der Waals surface area contributed by atoms with Gasteiger partial charge in [-0.25, -0.2) is 4.79 Å². The molecule has 1 heterocycles. The van der Waals surface area contributed by atoms with Crippen LogP contribution < -0.4 is 0 Å². The second-order valence-electron chi connectivity index (χ2n) is 6.74. The van der Waals surface area contributed by atoms with Crippen LogP contribution in [-0.4, -0.2) is 21.4 Å². The molecule has 0 spiro atoms. The molecule has 0 bridgehead atoms. The van der Waals surface area contributed by atoms with Gasteiger partial charge in [0.1, 0.15) is 5.69 Å². The number of rotatable bonds is 14. The number of nitrogens with zero attached hydrogens (tertiary/aromatic N) is 1. The Morgan fingerprint density at radius 2 is 1.42 bits per heavy atom. The van der Waals surface area contributed by atoms with E-state index in [1.807, 2.05) is 0 Å². The number of aryl methyl sites for hydroxylation is 1. The summed E-state index contributed by atoms with van der Waals surface area (Å²) >= 11 is 0. The number of hydrogen-bond donors (Lipinski definition) is 1. The Hall–Kier alpha value is -1.58. The lowest BCUT2D eigenvalue weighted by atomic mass is 10.0. The first-order chi connectivity index (χ1) is 11.6. The summed E-state index contributed by atoms with van der Waals surface area (Å²) in [5.41, 5.74) is 0.680. The molecule has 4 nitrogen and oxygen atoms in total. The molecule has 1 aromatic heterocycles. The van der Waals surface area contributed by atoms with Gasteiger partial charge in [-0.1, -0.05) is 71.1 Å². The molecular weight excluding hydrogens is 302 g/mol. The lowest BCUT2D eigenvalue weighted by Gasteiger charge is -2.02. The van der Waals surface area contributed by atoms with Crippen molar-refractivity contribution in [1.82, 2.24) is 4.57 Å². The zero-order valence-corrected chi connectivity index (χ0v) is 15.4. The van der Waals surface area contributed by atoms with Gasteiger partial charge in [-0.3, -0.25) is 4.79 Å². The Morgan fingerprint density at radius 3 is 1.88 bits per heavy atom. The van der Waals surface area contributed by atoms with E-state index in [1.165, 1.54) is 68.4 Å². The van der Waals surface area contributed by atoms with Crippen LogP contribution in [0, 0.1) is 0 Å². The summed E-state index contributed by atoms with van der Waals surface area (Å²) in [6, 6.07) is 1.48. The van der Waals surface area contributed by atoms with Gasteiger partial charge in [0.15, 0.2) is 5.78 Å². The number of Topliss-reactive ketones (excluding diaryl/α,β-unsaturated/α-hetero) is 1. The minimum absolute atomic E-state index is 0.0500. The maximum Gasteiger partial charge on any atom is 0.352 e. The van der Waals surface area contributed by atoms with Crippen molar-refractivity contribution < 1.29 is 14.7 Å². The number of carboxylic acids is 1. The SMILES string of the molecule is CCCCCCCCCCCCCC(=O)c1cc(C(=O)O)n(C)c1. The van der Waals surface area contributed by atoms with Crippen molar-refractivity contribution in [3.05, 3.63) is 23.5 Å². The average molecular weight is 335 g/mol. The molecule has 1 aromatic rings. The molecule has 0 fully saturated rings. The van der Waals surface area contributed by atoms with Crippen LogP contribution in [0.4, 0.5) is 0 Å². The van der Waals surface area contributed by atoms with Crippen LogP contribution in [0.3, 0.4) is 0 Å². The molecule has 4 heteroatoms. The first-order valence-electron chi connectivity index (χ1n) is 9.49. The van der Waals surface area contributed by atoms with Crippen molar-refractivity contribution in [3.63, 3.8) is 0 Å². The number of carboxylic acid groups (broad SMARTS) is 1. The van der Waals surface area contributed by atoms with Gasteiger partial charge in [0.25, 0.3) is 0 Å². The van der Waals surface area contributed by atoms with E-state index in [-0.39, 0.29) is 11.5 Å². The fraction of sp³-hybridized carbons (Fsp3) is 0.700. The molecule has 0 atom stereocenters. The fourth-order valence-electron chi connectivity index (χ4n) is 3.02. The van der Waals surface area contributed by atoms with Crippen molar-refractivity contribution >= 4 is 11.8 Å². The van der Waals surface area contributed by atoms with E-state index in [2.05, 4.69) is 6.92 Å². The van der Waals surface area contributed by atoms with E-state index in [4.69, 9.17) is 5.11 Å². The lowest BCUT2D eigenvalue weighted by molar-refractivity contribution is 0.0686. The molecule has 0 radical (unpaired) electrons. The topological polar surface area (TPSA) is 59.3 Å². The van der Waals surface area contributed by atoms with E-state index < -0.39 is 5.97 Å². The third kappa shape index (κ3) is 7.80. The third-order valence-corrected chi connectivity index (χ3v) is 4.55. The number of aromatic nitrogens is 1. The van der Waals surface area contributed by atoms with Crippen molar-refractivity contribution in [2.24, 2.45) is 7.05 Å². The van der Waals surface area contributed by atoms with Crippen LogP contribution in [0.15, 0.2) is 12.3 Å². The van der Waals surface area contributed by atoms with Crippen molar-refractivity contribution in [1.29, 1.82) is 0 Å². The highest BCUT2D eigenvalue weighted by Gasteiger charge is 2.14. The predicted octanol–water partition coefficient (Wildman–Crippen LogP) is 5.61. The van der Waals surface area contributed by atoms with Crippen LogP contribution in [0.25, 0.3) is 0 Å². The largest absolute Gasteiger partial charge is 0.477 e. The Bertz CT molecular complexity index is 505. The first-order valence-corrected chi connectivity index (χ1v) is 9.49. The summed E-state index contributed by atoms with van der Waals surface area (Å²) in [6.07, 6.45) is 16.0. The zero-order valence-electron chi connectivity index (χ0n) is 15.4. The molecule has 0 unspecified atom stereocenters. The number of carbonyl (C=O) groups is 2. The Labute approximate surface area is 146 Å². The molecule has 0 saturated heterocycles. The highest BCUT2D eigenvalue weighted by atomic mass is 16.4. The molecule has 0 amide bonds. The summed E-state index contributed by atoms with van der Waals surface area (Å²) in [7, 11) is 1.66. The van der Waals surface area contributed by atoms with Crippen LogP contribution >= 0.6 is 0 Å². The molecule has 0 aliphatic carbocycles. The normalized spacial score (nSPS) is 10.9. The summed E-state index contributed by atoms with van der Waals surface area (Å²) < 4.78 is 1.50. The number of carbonyl (C=O) groups excluding carboxylic acids is 1. The number of unbranched alkanes of at least 4 members (excludes halogenated alkanes) is 10. The van der Waals surface area contributed by atoms with Crippen LogP contribution in [0.2, 0.25) is 0 Å². The van der Waals surface area contributed by atoms with Crippen LogP contribution in [0.5, 0.6) is 0 Å². The molecule has 24 heavy (non-hydrogen) atoms. The molecule has 0 aliphatic rings. The maximum atomic E-state index is 12.1. The average Bonchev–Trinajstić information content (AvgIpc) is 2.94. The molecule has 1 rings (SSSR count). The molecule has 0 saturated carbocycles. The van der Waals surface area contributed by atoms with Gasteiger partial charge < -0.3 is 9.67 Å². The van der Waals surface area contributed by atoms with E-state index in [0.717, 1.165) is 12.8 Å². The fourth-order valence-corrected chi connectivity index (χ4v) is 3.02. The van der Waals surface area contributed by atoms with Gasteiger partial charge in [0, 0.05) is 25.2 Å². The highest BCUT2D eigenvalue weighted by Crippen LogP contribution is 2.14.